The molecule has 1 aliphatic heterocycles. The fraction of sp³-hybridized carbons (Fsp3) is 0.750. The largest absolute Gasteiger partial charge is 0.357 e. The summed E-state index contributed by atoms with van der Waals surface area (Å²) in [5.74, 6) is 2.60. The van der Waals surface area contributed by atoms with Crippen molar-refractivity contribution < 1.29 is 4.92 Å². The number of nitrogens with zero attached hydrogens (tertiary/aromatic N) is 5. The Morgan fingerprint density at radius 2 is 2.12 bits per heavy atom. The van der Waals surface area contributed by atoms with Crippen molar-refractivity contribution >= 4 is 11.6 Å². The molecule has 2 heterocycles. The molecular weight excluding hydrogens is 308 g/mol. The lowest BCUT2D eigenvalue weighted by molar-refractivity contribution is -0.385. The number of guanidine groups is 1. The van der Waals surface area contributed by atoms with Crippen LogP contribution in [0, 0.1) is 22.0 Å². The van der Waals surface area contributed by atoms with Crippen molar-refractivity contribution in [3.05, 3.63) is 22.5 Å². The van der Waals surface area contributed by atoms with Gasteiger partial charge in [0.25, 0.3) is 0 Å². The van der Waals surface area contributed by atoms with Crippen LogP contribution in [0.15, 0.2) is 17.4 Å². The maximum absolute atomic E-state index is 10.7. The lowest BCUT2D eigenvalue weighted by Gasteiger charge is -2.22. The fourth-order valence-electron chi connectivity index (χ4n) is 3.83. The van der Waals surface area contributed by atoms with Gasteiger partial charge in [-0.15, -0.1) is 0 Å². The maximum atomic E-state index is 10.7. The molecule has 0 amide bonds. The average molecular weight is 334 g/mol. The lowest BCUT2D eigenvalue weighted by atomic mass is 9.82. The van der Waals surface area contributed by atoms with Crippen molar-refractivity contribution in [1.29, 1.82) is 0 Å². The van der Waals surface area contributed by atoms with Gasteiger partial charge in [-0.2, -0.15) is 5.10 Å². The molecule has 8 heteroatoms. The van der Waals surface area contributed by atoms with E-state index in [-0.39, 0.29) is 5.69 Å². The van der Waals surface area contributed by atoms with Crippen molar-refractivity contribution in [3.63, 3.8) is 0 Å². The van der Waals surface area contributed by atoms with Gasteiger partial charge in [0.1, 0.15) is 12.4 Å². The predicted octanol–water partition coefficient (Wildman–Crippen LogP) is 1.88. The van der Waals surface area contributed by atoms with E-state index in [2.05, 4.69) is 22.2 Å². The van der Waals surface area contributed by atoms with Gasteiger partial charge in [-0.05, 0) is 31.6 Å². The van der Waals surface area contributed by atoms with E-state index in [4.69, 9.17) is 4.99 Å². The van der Waals surface area contributed by atoms with Crippen molar-refractivity contribution in [2.24, 2.45) is 16.8 Å². The van der Waals surface area contributed by atoms with E-state index < -0.39 is 4.92 Å². The molecule has 0 bridgehead atoms. The summed E-state index contributed by atoms with van der Waals surface area (Å²) >= 11 is 0. The first-order chi connectivity index (χ1) is 11.7. The topological polar surface area (TPSA) is 88.6 Å². The van der Waals surface area contributed by atoms with Crippen LogP contribution < -0.4 is 5.32 Å². The number of aromatic nitrogens is 2. The second-order valence-electron chi connectivity index (χ2n) is 6.66. The molecule has 24 heavy (non-hydrogen) atoms. The summed E-state index contributed by atoms with van der Waals surface area (Å²) in [6.07, 6.45) is 8.14. The number of nitro groups is 1. The van der Waals surface area contributed by atoms with Crippen molar-refractivity contribution in [2.45, 2.75) is 39.2 Å². The van der Waals surface area contributed by atoms with Crippen LogP contribution in [0.5, 0.6) is 0 Å². The number of likely N-dealkylation sites (tertiary alicyclic amines) is 1. The third kappa shape index (κ3) is 3.85. The molecule has 1 aromatic rings. The molecule has 0 radical (unpaired) electrons. The molecule has 2 aliphatic rings. The Labute approximate surface area is 142 Å². The fourth-order valence-corrected chi connectivity index (χ4v) is 3.83. The second kappa shape index (κ2) is 7.63. The molecule has 0 spiro atoms. The van der Waals surface area contributed by atoms with Gasteiger partial charge in [0, 0.05) is 19.6 Å². The summed E-state index contributed by atoms with van der Waals surface area (Å²) in [5, 5.41) is 18.1. The lowest BCUT2D eigenvalue weighted by Crippen LogP contribution is -2.40. The minimum absolute atomic E-state index is 0.0227. The monoisotopic (exact) mass is 334 g/mol. The molecule has 1 aliphatic carbocycles. The molecule has 0 aromatic carbocycles. The first-order valence-electron chi connectivity index (χ1n) is 8.87. The Morgan fingerprint density at radius 3 is 2.71 bits per heavy atom. The van der Waals surface area contributed by atoms with E-state index in [9.17, 15) is 10.1 Å². The van der Waals surface area contributed by atoms with E-state index in [1.807, 2.05) is 0 Å². The van der Waals surface area contributed by atoms with E-state index >= 15 is 0 Å². The standard InChI is InChI=1S/C16H26N6O2/c1-2-17-16(20-10-13-5-3-4-6-14(13)11-20)18-7-8-21-12-15(9-19-21)22(23)24/h9,12-14H,2-8,10-11H2,1H3,(H,17,18). The minimum Gasteiger partial charge on any atom is -0.357 e. The van der Waals surface area contributed by atoms with Gasteiger partial charge in [0.2, 0.25) is 0 Å². The zero-order chi connectivity index (χ0) is 16.9. The predicted molar refractivity (Wildman–Crippen MR) is 91.9 cm³/mol. The summed E-state index contributed by atoms with van der Waals surface area (Å²) in [4.78, 5) is 17.3. The van der Waals surface area contributed by atoms with Crippen molar-refractivity contribution in [2.75, 3.05) is 26.2 Å². The Hall–Kier alpha value is -2.12. The normalized spacial score (nSPS) is 24.0. The van der Waals surface area contributed by atoms with Gasteiger partial charge in [0.05, 0.1) is 18.0 Å². The van der Waals surface area contributed by atoms with Crippen LogP contribution >= 0.6 is 0 Å². The molecule has 2 fully saturated rings. The minimum atomic E-state index is -0.428. The van der Waals surface area contributed by atoms with Crippen LogP contribution in [0.4, 0.5) is 5.69 Å². The Balaban J connectivity index is 1.58. The third-order valence-corrected chi connectivity index (χ3v) is 5.03. The molecular formula is C16H26N6O2. The highest BCUT2D eigenvalue weighted by Gasteiger charge is 2.35. The first-order valence-corrected chi connectivity index (χ1v) is 8.87. The van der Waals surface area contributed by atoms with Gasteiger partial charge < -0.3 is 10.2 Å². The van der Waals surface area contributed by atoms with E-state index in [0.29, 0.717) is 13.1 Å². The number of hydrogen-bond acceptors (Lipinski definition) is 4. The SMILES string of the molecule is CCNC(=NCCn1cc([N+](=O)[O-])cn1)N1CC2CCCCC2C1. The van der Waals surface area contributed by atoms with Crippen LogP contribution in [0.3, 0.4) is 0 Å². The van der Waals surface area contributed by atoms with Crippen LogP contribution in [0.25, 0.3) is 0 Å². The van der Waals surface area contributed by atoms with Gasteiger partial charge in [-0.1, -0.05) is 12.8 Å². The van der Waals surface area contributed by atoms with Crippen molar-refractivity contribution in [1.82, 2.24) is 20.0 Å². The van der Waals surface area contributed by atoms with Gasteiger partial charge in [-0.3, -0.25) is 19.8 Å². The molecule has 3 rings (SSSR count). The highest BCUT2D eigenvalue weighted by atomic mass is 16.6. The van der Waals surface area contributed by atoms with E-state index in [0.717, 1.165) is 37.4 Å². The molecule has 2 atom stereocenters. The van der Waals surface area contributed by atoms with E-state index in [1.54, 1.807) is 4.68 Å². The van der Waals surface area contributed by atoms with Gasteiger partial charge in [0.15, 0.2) is 5.96 Å². The van der Waals surface area contributed by atoms with Crippen LogP contribution in [0.2, 0.25) is 0 Å². The van der Waals surface area contributed by atoms with Crippen LogP contribution in [-0.4, -0.2) is 51.7 Å². The second-order valence-corrected chi connectivity index (χ2v) is 6.66. The van der Waals surface area contributed by atoms with Crippen LogP contribution in [-0.2, 0) is 6.54 Å². The molecule has 1 aromatic heterocycles. The Bertz CT molecular complexity index is 585. The summed E-state index contributed by atoms with van der Waals surface area (Å²) < 4.78 is 1.58. The smallest absolute Gasteiger partial charge is 0.306 e. The average Bonchev–Trinajstić information content (AvgIpc) is 3.20. The van der Waals surface area contributed by atoms with Crippen LogP contribution in [0.1, 0.15) is 32.6 Å². The summed E-state index contributed by atoms with van der Waals surface area (Å²) in [7, 11) is 0. The molecule has 1 saturated carbocycles. The molecule has 1 saturated heterocycles. The summed E-state index contributed by atoms with van der Waals surface area (Å²) in [6.45, 7) is 6.23. The molecule has 8 nitrogen and oxygen atoms in total. The summed E-state index contributed by atoms with van der Waals surface area (Å²) in [6, 6.07) is 0. The molecule has 2 unspecified atom stereocenters. The third-order valence-electron chi connectivity index (χ3n) is 5.03. The zero-order valence-electron chi connectivity index (χ0n) is 14.2. The van der Waals surface area contributed by atoms with Gasteiger partial charge >= 0.3 is 5.69 Å². The number of fused-ring (bicyclic) bond motifs is 1. The molecule has 132 valence electrons. The summed E-state index contributed by atoms with van der Waals surface area (Å²) in [5.41, 5.74) is 0.0227. The van der Waals surface area contributed by atoms with E-state index in [1.165, 1.54) is 38.1 Å². The number of aliphatic imine (C=N–C) groups is 1. The quantitative estimate of drug-likeness (QED) is 0.384. The van der Waals surface area contributed by atoms with Gasteiger partial charge in [-0.25, -0.2) is 0 Å². The Morgan fingerprint density at radius 1 is 1.42 bits per heavy atom. The zero-order valence-corrected chi connectivity index (χ0v) is 14.2. The number of hydrogen-bond donors (Lipinski definition) is 1. The first kappa shape index (κ1) is 16.7. The number of nitrogens with one attached hydrogen (secondary N) is 1. The van der Waals surface area contributed by atoms with Crippen molar-refractivity contribution in [3.8, 4) is 0 Å². The highest BCUT2D eigenvalue weighted by molar-refractivity contribution is 5.80. The maximum Gasteiger partial charge on any atom is 0.306 e. The molecule has 1 N–H and O–H groups in total. The Kier molecular flexibility index (Phi) is 5.32. The number of rotatable bonds is 5. The highest BCUT2D eigenvalue weighted by Crippen LogP contribution is 2.35.